The highest BCUT2D eigenvalue weighted by Crippen LogP contribution is 2.47. The Morgan fingerprint density at radius 1 is 0.642 bits per heavy atom. The molecule has 0 saturated carbocycles. The molecule has 1 atom stereocenters. The van der Waals surface area contributed by atoms with Crippen LogP contribution in [-0.2, 0) is 18.3 Å². The summed E-state index contributed by atoms with van der Waals surface area (Å²) in [5.41, 5.74) is 21.5. The fraction of sp³-hybridized carbons (Fsp3) is 0.292. The van der Waals surface area contributed by atoms with Gasteiger partial charge in [-0.25, -0.2) is 0 Å². The Bertz CT molecular complexity index is 2350. The minimum atomic E-state index is 0.0165. The van der Waals surface area contributed by atoms with Crippen LogP contribution in [-0.4, -0.2) is 15.2 Å². The third kappa shape index (κ3) is 6.70. The molecule has 0 fully saturated rings. The third-order valence-electron chi connectivity index (χ3n) is 11.4. The summed E-state index contributed by atoms with van der Waals surface area (Å²) in [5, 5.41) is 11.3. The molecule has 2 aliphatic heterocycles. The highest BCUT2D eigenvalue weighted by molar-refractivity contribution is 5.89. The second-order valence-electron chi connectivity index (χ2n) is 16.2. The lowest BCUT2D eigenvalue weighted by Crippen LogP contribution is -2.30. The Kier molecular flexibility index (Phi) is 9.06. The van der Waals surface area contributed by atoms with Gasteiger partial charge in [-0.1, -0.05) is 81.8 Å². The van der Waals surface area contributed by atoms with Gasteiger partial charge >= 0.3 is 0 Å². The standard InChI is InChI=1S/C48H51N5/c1-30-25-40(36-17-18-45-42(27-36)38-15-11-12-16-39(38)47-50-21-22-53(45)47)32(3)23-34(30)13-9-8-10-14-35-24-33(4)41(26-31(35)2)37-19-20-49-43(28-37)44-29-46(52-51-44)48(5,6)7/h11-12,15-29,47,50H,8-10,13-14H2,1-7H3,(H,51,52). The number of nitrogens with zero attached hydrogens (tertiary/aromatic N) is 3. The number of unbranched alkanes of at least 4 members (excludes halogenated alkanes) is 2. The molecule has 2 N–H and O–H groups in total. The normalized spacial score (nSPS) is 14.5. The van der Waals surface area contributed by atoms with Gasteiger partial charge in [-0.05, 0) is 145 Å². The van der Waals surface area contributed by atoms with Gasteiger partial charge in [0.25, 0.3) is 0 Å². The number of H-pyrrole nitrogens is 1. The van der Waals surface area contributed by atoms with E-state index in [1.165, 1.54) is 97.3 Å². The number of benzene rings is 4. The van der Waals surface area contributed by atoms with E-state index in [1.54, 1.807) is 0 Å². The van der Waals surface area contributed by atoms with Crippen LogP contribution < -0.4 is 10.2 Å². The Morgan fingerprint density at radius 3 is 2.00 bits per heavy atom. The topological polar surface area (TPSA) is 56.8 Å². The van der Waals surface area contributed by atoms with Gasteiger partial charge in [0.2, 0.25) is 0 Å². The number of aromatic amines is 1. The Labute approximate surface area is 315 Å². The van der Waals surface area contributed by atoms with E-state index >= 15 is 0 Å². The predicted octanol–water partition coefficient (Wildman–Crippen LogP) is 11.9. The Morgan fingerprint density at radius 2 is 1.32 bits per heavy atom. The van der Waals surface area contributed by atoms with Crippen LogP contribution >= 0.6 is 0 Å². The van der Waals surface area contributed by atoms with Crippen molar-refractivity contribution in [2.45, 2.75) is 92.2 Å². The molecule has 0 radical (unpaired) electrons. The molecule has 4 aromatic carbocycles. The van der Waals surface area contributed by atoms with Gasteiger partial charge in [-0.3, -0.25) is 10.1 Å². The largest absolute Gasteiger partial charge is 0.366 e. The number of hydrogen-bond acceptors (Lipinski definition) is 4. The van der Waals surface area contributed by atoms with Crippen LogP contribution in [0.25, 0.3) is 44.8 Å². The maximum absolute atomic E-state index is 4.65. The van der Waals surface area contributed by atoms with Crippen molar-refractivity contribution in [3.8, 4) is 44.8 Å². The summed E-state index contributed by atoms with van der Waals surface area (Å²) in [6, 6.07) is 31.8. The first-order valence-corrected chi connectivity index (χ1v) is 19.2. The SMILES string of the molecule is Cc1cc(-c2ccnc(-c3cc(C(C)(C)C)[nH]n3)c2)c(C)cc1CCCCCc1cc(C)c(-c2ccc3c(c2)-c2ccccc2C2NC=CN32)cc1C. The Balaban J connectivity index is 0.906. The minimum Gasteiger partial charge on any atom is -0.366 e. The van der Waals surface area contributed by atoms with Gasteiger partial charge in [-0.2, -0.15) is 5.10 Å². The lowest BCUT2D eigenvalue weighted by atomic mass is 9.87. The smallest absolute Gasteiger partial charge is 0.130 e. The molecule has 4 heterocycles. The van der Waals surface area contributed by atoms with E-state index in [9.17, 15) is 0 Å². The maximum Gasteiger partial charge on any atom is 0.130 e. The number of nitrogens with one attached hydrogen (secondary N) is 2. The number of aryl methyl sites for hydroxylation is 6. The van der Waals surface area contributed by atoms with Crippen molar-refractivity contribution in [3.63, 3.8) is 0 Å². The number of rotatable bonds is 9. The van der Waals surface area contributed by atoms with Gasteiger partial charge in [0.05, 0.1) is 11.4 Å². The average molecular weight is 698 g/mol. The first-order valence-electron chi connectivity index (χ1n) is 19.2. The summed E-state index contributed by atoms with van der Waals surface area (Å²) in [5.74, 6) is 0. The summed E-state index contributed by atoms with van der Waals surface area (Å²) in [4.78, 5) is 7.00. The molecule has 0 spiro atoms. The van der Waals surface area contributed by atoms with E-state index in [4.69, 9.17) is 0 Å². The van der Waals surface area contributed by atoms with Crippen molar-refractivity contribution in [3.05, 3.63) is 148 Å². The van der Waals surface area contributed by atoms with Crippen LogP contribution in [0, 0.1) is 27.7 Å². The molecule has 5 heteroatoms. The predicted molar refractivity (Wildman–Crippen MR) is 221 cm³/mol. The zero-order valence-corrected chi connectivity index (χ0v) is 32.3. The molecule has 2 aliphatic rings. The molecule has 1 unspecified atom stereocenters. The van der Waals surface area contributed by atoms with Crippen LogP contribution in [0.1, 0.15) is 90.8 Å². The monoisotopic (exact) mass is 697 g/mol. The second kappa shape index (κ2) is 13.9. The van der Waals surface area contributed by atoms with Crippen molar-refractivity contribution in [1.29, 1.82) is 0 Å². The molecular weight excluding hydrogens is 647 g/mol. The van der Waals surface area contributed by atoms with E-state index in [1.807, 2.05) is 6.20 Å². The number of pyridine rings is 1. The summed E-state index contributed by atoms with van der Waals surface area (Å²) >= 11 is 0. The van der Waals surface area contributed by atoms with Crippen LogP contribution in [0.5, 0.6) is 0 Å². The molecule has 6 aromatic rings. The fourth-order valence-corrected chi connectivity index (χ4v) is 8.26. The number of hydrogen-bond donors (Lipinski definition) is 2. The molecule has 0 bridgehead atoms. The zero-order chi connectivity index (χ0) is 36.9. The fourth-order valence-electron chi connectivity index (χ4n) is 8.26. The first-order chi connectivity index (χ1) is 25.5. The molecule has 0 amide bonds. The van der Waals surface area contributed by atoms with Crippen molar-refractivity contribution >= 4 is 5.69 Å². The van der Waals surface area contributed by atoms with Crippen molar-refractivity contribution in [1.82, 2.24) is 20.5 Å². The average Bonchev–Trinajstić information content (AvgIpc) is 3.86. The molecule has 53 heavy (non-hydrogen) atoms. The summed E-state index contributed by atoms with van der Waals surface area (Å²) in [6.07, 6.45) is 12.1. The summed E-state index contributed by atoms with van der Waals surface area (Å²) in [6.45, 7) is 15.6. The highest BCUT2D eigenvalue weighted by atomic mass is 15.3. The molecule has 5 nitrogen and oxygen atoms in total. The van der Waals surface area contributed by atoms with Gasteiger partial charge in [0, 0.05) is 40.8 Å². The van der Waals surface area contributed by atoms with Crippen LogP contribution in [0.4, 0.5) is 5.69 Å². The van der Waals surface area contributed by atoms with E-state index in [0.29, 0.717) is 0 Å². The molecule has 8 rings (SSSR count). The maximum atomic E-state index is 4.65. The van der Waals surface area contributed by atoms with Gasteiger partial charge in [-0.15, -0.1) is 0 Å². The lowest BCUT2D eigenvalue weighted by molar-refractivity contribution is 0.567. The van der Waals surface area contributed by atoms with E-state index in [-0.39, 0.29) is 11.6 Å². The van der Waals surface area contributed by atoms with Crippen LogP contribution in [0.3, 0.4) is 0 Å². The van der Waals surface area contributed by atoms with Crippen molar-refractivity contribution in [2.75, 3.05) is 4.90 Å². The minimum absolute atomic E-state index is 0.0165. The van der Waals surface area contributed by atoms with Gasteiger partial charge in [0.15, 0.2) is 0 Å². The molecule has 2 aromatic heterocycles. The van der Waals surface area contributed by atoms with E-state index in [2.05, 4.69) is 171 Å². The molecule has 0 saturated heterocycles. The number of anilines is 1. The number of fused-ring (bicyclic) bond motifs is 6. The van der Waals surface area contributed by atoms with E-state index in [0.717, 1.165) is 29.9 Å². The van der Waals surface area contributed by atoms with Gasteiger partial charge < -0.3 is 10.2 Å². The quantitative estimate of drug-likeness (QED) is 0.148. The van der Waals surface area contributed by atoms with Crippen molar-refractivity contribution in [2.24, 2.45) is 0 Å². The number of aromatic nitrogens is 3. The highest BCUT2D eigenvalue weighted by Gasteiger charge is 2.31. The molecule has 0 aliphatic carbocycles. The van der Waals surface area contributed by atoms with Crippen molar-refractivity contribution < 1.29 is 0 Å². The zero-order valence-electron chi connectivity index (χ0n) is 32.3. The summed E-state index contributed by atoms with van der Waals surface area (Å²) in [7, 11) is 0. The molecular formula is C48H51N5. The van der Waals surface area contributed by atoms with E-state index < -0.39 is 0 Å². The lowest BCUT2D eigenvalue weighted by Gasteiger charge is -2.34. The third-order valence-corrected chi connectivity index (χ3v) is 11.4. The molecule has 268 valence electrons. The Hall–Kier alpha value is -5.42. The second-order valence-corrected chi connectivity index (χ2v) is 16.2. The van der Waals surface area contributed by atoms with Crippen LogP contribution in [0.15, 0.2) is 104 Å². The summed E-state index contributed by atoms with van der Waals surface area (Å²) < 4.78 is 0. The van der Waals surface area contributed by atoms with Gasteiger partial charge in [0.1, 0.15) is 11.9 Å². The first kappa shape index (κ1) is 34.7. The van der Waals surface area contributed by atoms with Crippen LogP contribution in [0.2, 0.25) is 0 Å².